The van der Waals surface area contributed by atoms with Gasteiger partial charge in [0, 0.05) is 6.61 Å². The van der Waals surface area contributed by atoms with Crippen LogP contribution >= 0.6 is 0 Å². The van der Waals surface area contributed by atoms with Crippen molar-refractivity contribution in [1.82, 2.24) is 0 Å². The maximum atomic E-state index is 10.6. The highest BCUT2D eigenvalue weighted by Crippen LogP contribution is 2.25. The van der Waals surface area contributed by atoms with Gasteiger partial charge in [0.25, 0.3) is 0 Å². The van der Waals surface area contributed by atoms with Gasteiger partial charge in [0.2, 0.25) is 0 Å². The minimum absolute atomic E-state index is 0.104. The molecule has 1 aromatic carbocycles. The number of benzene rings is 1. The Bertz CT molecular complexity index is 398. The molecule has 0 amide bonds. The average Bonchev–Trinajstić information content (AvgIpc) is 2.59. The van der Waals surface area contributed by atoms with Crippen molar-refractivity contribution in [2.45, 2.75) is 32.3 Å². The van der Waals surface area contributed by atoms with Crippen LogP contribution in [-0.2, 0) is 28.8 Å². The van der Waals surface area contributed by atoms with E-state index >= 15 is 0 Å². The normalized spacial score (nSPS) is 18.4. The van der Waals surface area contributed by atoms with Crippen LogP contribution in [0.25, 0.3) is 0 Å². The second-order valence-corrected chi connectivity index (χ2v) is 4.16. The molecule has 16 heavy (non-hydrogen) atoms. The number of rotatable bonds is 4. The van der Waals surface area contributed by atoms with Gasteiger partial charge < -0.3 is 9.84 Å². The van der Waals surface area contributed by atoms with Crippen LogP contribution in [0.1, 0.15) is 23.6 Å². The van der Waals surface area contributed by atoms with Gasteiger partial charge in [-0.05, 0) is 36.5 Å². The van der Waals surface area contributed by atoms with E-state index in [0.717, 1.165) is 25.0 Å². The van der Waals surface area contributed by atoms with Crippen LogP contribution in [0.5, 0.6) is 0 Å². The number of carbonyl (C=O) groups is 1. The quantitative estimate of drug-likeness (QED) is 0.841. The van der Waals surface area contributed by atoms with Gasteiger partial charge >= 0.3 is 5.97 Å². The maximum absolute atomic E-state index is 10.6. The average molecular weight is 220 g/mol. The molecule has 86 valence electrons. The van der Waals surface area contributed by atoms with Gasteiger partial charge in [0.05, 0.1) is 12.5 Å². The number of carboxylic acids is 1. The fraction of sp³-hybridized carbons (Fsp3) is 0.462. The first-order valence-corrected chi connectivity index (χ1v) is 5.63. The highest BCUT2D eigenvalue weighted by molar-refractivity contribution is 5.70. The Morgan fingerprint density at radius 3 is 2.88 bits per heavy atom. The SMILES string of the molecule is CCOC1Cc2ccc(CC(=O)O)cc2C1. The number of carboxylic acid groups (broad SMARTS) is 1. The zero-order valence-electron chi connectivity index (χ0n) is 9.40. The molecule has 1 aliphatic rings. The minimum atomic E-state index is -0.778. The summed E-state index contributed by atoms with van der Waals surface area (Å²) >= 11 is 0. The molecule has 1 atom stereocenters. The Morgan fingerprint density at radius 2 is 2.19 bits per heavy atom. The Kier molecular flexibility index (Phi) is 3.25. The van der Waals surface area contributed by atoms with Crippen LogP contribution in [0.2, 0.25) is 0 Å². The molecule has 3 heteroatoms. The third-order valence-electron chi connectivity index (χ3n) is 2.92. The second kappa shape index (κ2) is 4.66. The lowest BCUT2D eigenvalue weighted by molar-refractivity contribution is -0.136. The van der Waals surface area contributed by atoms with Crippen LogP contribution in [0.15, 0.2) is 18.2 Å². The summed E-state index contributed by atoms with van der Waals surface area (Å²) in [6, 6.07) is 5.94. The largest absolute Gasteiger partial charge is 0.481 e. The molecule has 0 bridgehead atoms. The van der Waals surface area contributed by atoms with Crippen LogP contribution in [-0.4, -0.2) is 23.8 Å². The third-order valence-corrected chi connectivity index (χ3v) is 2.92. The molecule has 0 radical (unpaired) electrons. The molecule has 0 heterocycles. The van der Waals surface area contributed by atoms with E-state index < -0.39 is 5.97 Å². The molecule has 1 unspecified atom stereocenters. The molecule has 1 N–H and O–H groups in total. The zero-order valence-corrected chi connectivity index (χ0v) is 9.40. The van der Waals surface area contributed by atoms with Gasteiger partial charge in [0.1, 0.15) is 0 Å². The van der Waals surface area contributed by atoms with Gasteiger partial charge in [-0.1, -0.05) is 18.2 Å². The predicted octanol–water partition coefficient (Wildman–Crippen LogP) is 1.82. The summed E-state index contributed by atoms with van der Waals surface area (Å²) in [6.07, 6.45) is 2.25. The fourth-order valence-corrected chi connectivity index (χ4v) is 2.27. The molecule has 1 aromatic rings. The van der Waals surface area contributed by atoms with Crippen molar-refractivity contribution in [3.05, 3.63) is 34.9 Å². The summed E-state index contributed by atoms with van der Waals surface area (Å²) in [7, 11) is 0. The number of hydrogen-bond donors (Lipinski definition) is 1. The standard InChI is InChI=1S/C13H16O3/c1-2-16-12-7-10-4-3-9(6-13(14)15)5-11(10)8-12/h3-5,12H,2,6-8H2,1H3,(H,14,15). The smallest absolute Gasteiger partial charge is 0.307 e. The summed E-state index contributed by atoms with van der Waals surface area (Å²) in [4.78, 5) is 10.6. The first-order valence-electron chi connectivity index (χ1n) is 5.63. The van der Waals surface area contributed by atoms with E-state index in [0.29, 0.717) is 0 Å². The molecular weight excluding hydrogens is 204 g/mol. The molecular formula is C13H16O3. The van der Waals surface area contributed by atoms with Gasteiger partial charge in [-0.2, -0.15) is 0 Å². The third kappa shape index (κ3) is 2.42. The highest BCUT2D eigenvalue weighted by Gasteiger charge is 2.21. The van der Waals surface area contributed by atoms with Crippen molar-refractivity contribution in [3.8, 4) is 0 Å². The number of aliphatic carboxylic acids is 1. The molecule has 3 nitrogen and oxygen atoms in total. The van der Waals surface area contributed by atoms with Crippen LogP contribution < -0.4 is 0 Å². The van der Waals surface area contributed by atoms with E-state index in [2.05, 4.69) is 0 Å². The number of fused-ring (bicyclic) bond motifs is 1. The number of ether oxygens (including phenoxy) is 1. The highest BCUT2D eigenvalue weighted by atomic mass is 16.5. The Hall–Kier alpha value is -1.35. The zero-order chi connectivity index (χ0) is 11.5. The van der Waals surface area contributed by atoms with Gasteiger partial charge in [-0.25, -0.2) is 0 Å². The monoisotopic (exact) mass is 220 g/mol. The molecule has 1 aliphatic carbocycles. The first kappa shape index (κ1) is 11.1. The van der Waals surface area contributed by atoms with E-state index in [-0.39, 0.29) is 12.5 Å². The lowest BCUT2D eigenvalue weighted by Gasteiger charge is -2.07. The van der Waals surface area contributed by atoms with Crippen LogP contribution in [0.3, 0.4) is 0 Å². The molecule has 0 aliphatic heterocycles. The molecule has 0 spiro atoms. The second-order valence-electron chi connectivity index (χ2n) is 4.16. The van der Waals surface area contributed by atoms with E-state index in [1.165, 1.54) is 11.1 Å². The fourth-order valence-electron chi connectivity index (χ4n) is 2.27. The first-order chi connectivity index (χ1) is 7.69. The minimum Gasteiger partial charge on any atom is -0.481 e. The Balaban J connectivity index is 2.11. The molecule has 0 saturated carbocycles. The lowest BCUT2D eigenvalue weighted by atomic mass is 10.0. The van der Waals surface area contributed by atoms with E-state index in [1.807, 2.05) is 25.1 Å². The summed E-state index contributed by atoms with van der Waals surface area (Å²) in [5.74, 6) is -0.778. The maximum Gasteiger partial charge on any atom is 0.307 e. The van der Waals surface area contributed by atoms with Crippen molar-refractivity contribution in [1.29, 1.82) is 0 Å². The van der Waals surface area contributed by atoms with Crippen molar-refractivity contribution in [2.24, 2.45) is 0 Å². The summed E-state index contributed by atoms with van der Waals surface area (Å²) in [5, 5.41) is 8.73. The summed E-state index contributed by atoms with van der Waals surface area (Å²) < 4.78 is 5.59. The van der Waals surface area contributed by atoms with Crippen molar-refractivity contribution < 1.29 is 14.6 Å². The van der Waals surface area contributed by atoms with Gasteiger partial charge in [-0.15, -0.1) is 0 Å². The molecule has 0 fully saturated rings. The molecule has 2 rings (SSSR count). The number of hydrogen-bond acceptors (Lipinski definition) is 2. The molecule has 0 aromatic heterocycles. The summed E-state index contributed by atoms with van der Waals surface area (Å²) in [5.41, 5.74) is 3.42. The Labute approximate surface area is 95.0 Å². The van der Waals surface area contributed by atoms with Crippen molar-refractivity contribution >= 4 is 5.97 Å². The van der Waals surface area contributed by atoms with E-state index in [1.54, 1.807) is 0 Å². The van der Waals surface area contributed by atoms with Gasteiger partial charge in [0.15, 0.2) is 0 Å². The van der Waals surface area contributed by atoms with Crippen LogP contribution in [0.4, 0.5) is 0 Å². The van der Waals surface area contributed by atoms with Gasteiger partial charge in [-0.3, -0.25) is 4.79 Å². The van der Waals surface area contributed by atoms with Crippen LogP contribution in [0, 0.1) is 0 Å². The predicted molar refractivity (Wildman–Crippen MR) is 60.6 cm³/mol. The topological polar surface area (TPSA) is 46.5 Å². The summed E-state index contributed by atoms with van der Waals surface area (Å²) in [6.45, 7) is 2.74. The van der Waals surface area contributed by atoms with Crippen molar-refractivity contribution in [2.75, 3.05) is 6.61 Å². The van der Waals surface area contributed by atoms with E-state index in [9.17, 15) is 4.79 Å². The molecule has 0 saturated heterocycles. The lowest BCUT2D eigenvalue weighted by Crippen LogP contribution is -2.11. The van der Waals surface area contributed by atoms with E-state index in [4.69, 9.17) is 9.84 Å². The Morgan fingerprint density at radius 1 is 1.44 bits per heavy atom. The van der Waals surface area contributed by atoms with Crippen molar-refractivity contribution in [3.63, 3.8) is 0 Å².